The van der Waals surface area contributed by atoms with Crippen molar-refractivity contribution in [2.45, 2.75) is 46.4 Å². The number of aryl methyl sites for hydroxylation is 1. The Morgan fingerprint density at radius 1 is 1.19 bits per heavy atom. The zero-order valence-corrected chi connectivity index (χ0v) is 15.5. The van der Waals surface area contributed by atoms with E-state index in [0.717, 1.165) is 6.07 Å². The van der Waals surface area contributed by atoms with E-state index >= 15 is 0 Å². The van der Waals surface area contributed by atoms with Crippen LogP contribution >= 0.6 is 0 Å². The van der Waals surface area contributed by atoms with Gasteiger partial charge in [-0.3, -0.25) is 9.59 Å². The molecule has 1 heterocycles. The van der Waals surface area contributed by atoms with Crippen LogP contribution in [-0.2, 0) is 0 Å². The highest BCUT2D eigenvalue weighted by Crippen LogP contribution is 2.39. The second-order valence-electron chi connectivity index (χ2n) is 7.38. The number of ether oxygens (including phenoxy) is 1. The summed E-state index contributed by atoms with van der Waals surface area (Å²) in [4.78, 5) is 30.8. The van der Waals surface area contributed by atoms with Crippen molar-refractivity contribution in [2.24, 2.45) is 5.41 Å². The maximum atomic E-state index is 12.6. The van der Waals surface area contributed by atoms with Gasteiger partial charge in [-0.15, -0.1) is 13.2 Å². The van der Waals surface area contributed by atoms with Crippen molar-refractivity contribution in [3.05, 3.63) is 57.8 Å². The molecule has 2 aromatic rings. The van der Waals surface area contributed by atoms with E-state index in [2.05, 4.69) is 14.7 Å². The van der Waals surface area contributed by atoms with Gasteiger partial charge in [-0.25, -0.2) is 4.98 Å². The second kappa shape index (κ2) is 7.54. The molecule has 146 valence electrons. The predicted molar refractivity (Wildman–Crippen MR) is 93.9 cm³/mol. The average molecular weight is 382 g/mol. The fourth-order valence-corrected chi connectivity index (χ4v) is 2.84. The minimum atomic E-state index is -4.76. The maximum Gasteiger partial charge on any atom is 0.573 e. The van der Waals surface area contributed by atoms with Gasteiger partial charge in [-0.2, -0.15) is 0 Å². The van der Waals surface area contributed by atoms with Crippen LogP contribution in [0.4, 0.5) is 13.2 Å². The maximum absolute atomic E-state index is 12.6. The Labute approximate surface area is 154 Å². The van der Waals surface area contributed by atoms with E-state index in [-0.39, 0.29) is 35.0 Å². The first-order valence-electron chi connectivity index (χ1n) is 8.32. The summed E-state index contributed by atoms with van der Waals surface area (Å²) in [6.45, 7) is 7.38. The third-order valence-electron chi connectivity index (χ3n) is 4.10. The van der Waals surface area contributed by atoms with Gasteiger partial charge in [-0.1, -0.05) is 32.9 Å². The summed E-state index contributed by atoms with van der Waals surface area (Å²) >= 11 is 0. The first kappa shape index (κ1) is 20.7. The largest absolute Gasteiger partial charge is 0.573 e. The molecule has 0 spiro atoms. The van der Waals surface area contributed by atoms with Gasteiger partial charge >= 0.3 is 6.36 Å². The van der Waals surface area contributed by atoms with Gasteiger partial charge in [0, 0.05) is 12.5 Å². The second-order valence-corrected chi connectivity index (χ2v) is 7.38. The summed E-state index contributed by atoms with van der Waals surface area (Å²) in [6, 6.07) is 6.63. The number of H-pyrrole nitrogens is 1. The third kappa shape index (κ3) is 5.94. The number of carbonyl (C=O) groups excluding carboxylic acids is 1. The summed E-state index contributed by atoms with van der Waals surface area (Å²) in [5.41, 5.74) is 0.0134. The van der Waals surface area contributed by atoms with Gasteiger partial charge in [0.1, 0.15) is 17.3 Å². The van der Waals surface area contributed by atoms with Crippen molar-refractivity contribution < 1.29 is 22.7 Å². The predicted octanol–water partition coefficient (Wildman–Crippen LogP) is 4.38. The molecule has 1 aromatic heterocycles. The van der Waals surface area contributed by atoms with Gasteiger partial charge in [0.15, 0.2) is 5.78 Å². The smallest absolute Gasteiger partial charge is 0.406 e. The number of nitrogens with zero attached hydrogens (tertiary/aromatic N) is 1. The van der Waals surface area contributed by atoms with Gasteiger partial charge in [0.25, 0.3) is 5.56 Å². The van der Waals surface area contributed by atoms with Crippen LogP contribution in [0.3, 0.4) is 0 Å². The molecular weight excluding hydrogens is 361 g/mol. The van der Waals surface area contributed by atoms with Crippen molar-refractivity contribution in [3.8, 4) is 5.75 Å². The topological polar surface area (TPSA) is 72.0 Å². The molecule has 0 aliphatic carbocycles. The molecule has 1 aromatic carbocycles. The highest BCUT2D eigenvalue weighted by atomic mass is 19.4. The fraction of sp³-hybridized carbons (Fsp3) is 0.421. The Morgan fingerprint density at radius 2 is 1.78 bits per heavy atom. The van der Waals surface area contributed by atoms with Crippen molar-refractivity contribution >= 4 is 5.78 Å². The molecule has 0 aliphatic heterocycles. The molecule has 0 fully saturated rings. The Kier molecular flexibility index (Phi) is 5.77. The van der Waals surface area contributed by atoms with Crippen LogP contribution in [0.5, 0.6) is 5.75 Å². The number of nitrogens with one attached hydrogen (secondary N) is 1. The lowest BCUT2D eigenvalue weighted by molar-refractivity contribution is -0.274. The highest BCUT2D eigenvalue weighted by Gasteiger charge is 2.32. The highest BCUT2D eigenvalue weighted by molar-refractivity contribution is 5.94. The van der Waals surface area contributed by atoms with Crippen LogP contribution in [0.1, 0.15) is 55.0 Å². The van der Waals surface area contributed by atoms with E-state index in [1.165, 1.54) is 24.3 Å². The third-order valence-corrected chi connectivity index (χ3v) is 4.10. The molecule has 2 rings (SSSR count). The Balaban J connectivity index is 2.28. The standard InChI is InChI=1S/C19H21F3N2O3/c1-11-23-15(10-17(26)24-11)16(25)9-14(18(2,3)4)12-5-7-13(8-6-12)27-19(20,21)22/h5-8,10,14H,9H2,1-4H3,(H,23,24,26)/t14-/m0/s1. The zero-order valence-electron chi connectivity index (χ0n) is 15.5. The summed E-state index contributed by atoms with van der Waals surface area (Å²) in [5.74, 6) is -0.574. The lowest BCUT2D eigenvalue weighted by Crippen LogP contribution is -2.23. The van der Waals surface area contributed by atoms with Crippen LogP contribution < -0.4 is 10.3 Å². The molecule has 0 aliphatic rings. The van der Waals surface area contributed by atoms with Gasteiger partial charge < -0.3 is 9.72 Å². The summed E-state index contributed by atoms with van der Waals surface area (Å²) in [5, 5.41) is 0. The molecule has 0 radical (unpaired) electrons. The number of ketones is 1. The number of rotatable bonds is 5. The normalized spacial score (nSPS) is 13.3. The SMILES string of the molecule is Cc1nc(C(=O)C[C@@H](c2ccc(OC(F)(F)F)cc2)C(C)(C)C)cc(=O)[nH]1. The number of benzene rings is 1. The summed E-state index contributed by atoms with van der Waals surface area (Å²) in [6.07, 6.45) is -4.69. The molecule has 1 N–H and O–H groups in total. The molecule has 0 saturated heterocycles. The van der Waals surface area contributed by atoms with E-state index in [1.54, 1.807) is 6.92 Å². The van der Waals surface area contributed by atoms with Crippen LogP contribution in [0.25, 0.3) is 0 Å². The number of halogens is 3. The summed E-state index contributed by atoms with van der Waals surface area (Å²) in [7, 11) is 0. The summed E-state index contributed by atoms with van der Waals surface area (Å²) < 4.78 is 40.8. The number of Topliss-reactive ketones (excluding diaryl/α,β-unsaturated/α-hetero) is 1. The van der Waals surface area contributed by atoms with Crippen molar-refractivity contribution in [1.82, 2.24) is 9.97 Å². The van der Waals surface area contributed by atoms with Gasteiger partial charge in [0.2, 0.25) is 0 Å². The number of carbonyl (C=O) groups is 1. The minimum Gasteiger partial charge on any atom is -0.406 e. The van der Waals surface area contributed by atoms with Crippen molar-refractivity contribution in [2.75, 3.05) is 0 Å². The van der Waals surface area contributed by atoms with Crippen LogP contribution in [0, 0.1) is 12.3 Å². The molecule has 5 nitrogen and oxygen atoms in total. The quantitative estimate of drug-likeness (QED) is 0.779. The fourth-order valence-electron chi connectivity index (χ4n) is 2.84. The Hall–Kier alpha value is -2.64. The van der Waals surface area contributed by atoms with E-state index < -0.39 is 11.9 Å². The molecule has 1 atom stereocenters. The monoisotopic (exact) mass is 382 g/mol. The first-order chi connectivity index (χ1) is 12.3. The lowest BCUT2D eigenvalue weighted by atomic mass is 9.73. The molecule has 0 saturated carbocycles. The minimum absolute atomic E-state index is 0.0683. The van der Waals surface area contributed by atoms with Gasteiger partial charge in [0.05, 0.1) is 0 Å². The van der Waals surface area contributed by atoms with Crippen molar-refractivity contribution in [3.63, 3.8) is 0 Å². The Morgan fingerprint density at radius 3 is 2.26 bits per heavy atom. The molecular formula is C19H21F3N2O3. The number of hydrogen-bond donors (Lipinski definition) is 1. The number of alkyl halides is 3. The average Bonchev–Trinajstić information content (AvgIpc) is 2.50. The Bertz CT molecular complexity index is 865. The molecule has 0 bridgehead atoms. The van der Waals surface area contributed by atoms with Crippen LogP contribution in [-0.4, -0.2) is 22.1 Å². The van der Waals surface area contributed by atoms with E-state index in [1.807, 2.05) is 20.8 Å². The van der Waals surface area contributed by atoms with E-state index in [0.29, 0.717) is 11.4 Å². The lowest BCUT2D eigenvalue weighted by Gasteiger charge is -2.31. The van der Waals surface area contributed by atoms with Crippen LogP contribution in [0.2, 0.25) is 0 Å². The van der Waals surface area contributed by atoms with E-state index in [4.69, 9.17) is 0 Å². The molecule has 0 unspecified atom stereocenters. The van der Waals surface area contributed by atoms with Crippen molar-refractivity contribution in [1.29, 1.82) is 0 Å². The molecule has 0 amide bonds. The van der Waals surface area contributed by atoms with E-state index in [9.17, 15) is 22.8 Å². The molecule has 8 heteroatoms. The number of aromatic amines is 1. The molecule has 27 heavy (non-hydrogen) atoms. The number of hydrogen-bond acceptors (Lipinski definition) is 4. The first-order valence-corrected chi connectivity index (χ1v) is 8.32. The zero-order chi connectivity index (χ0) is 20.4. The number of aromatic nitrogens is 2. The van der Waals surface area contributed by atoms with Crippen LogP contribution in [0.15, 0.2) is 35.1 Å². The van der Waals surface area contributed by atoms with Gasteiger partial charge in [-0.05, 0) is 36.0 Å².